The predicted octanol–water partition coefficient (Wildman–Crippen LogP) is 1.65. The summed E-state index contributed by atoms with van der Waals surface area (Å²) < 4.78 is 3.00. The Balaban J connectivity index is 2.34. The third-order valence-electron chi connectivity index (χ3n) is 3.40. The van der Waals surface area contributed by atoms with Crippen molar-refractivity contribution in [3.8, 4) is 0 Å². The lowest BCUT2D eigenvalue weighted by atomic mass is 10.1. The molecule has 0 aliphatic heterocycles. The number of hydrogen-bond acceptors (Lipinski definition) is 2. The number of rotatable bonds is 2. The van der Waals surface area contributed by atoms with Crippen LogP contribution in [0.4, 0.5) is 0 Å². The molecule has 2 aromatic heterocycles. The Kier molecular flexibility index (Phi) is 3.02. The van der Waals surface area contributed by atoms with Gasteiger partial charge in [-0.1, -0.05) is 12.2 Å². The van der Waals surface area contributed by atoms with Crippen molar-refractivity contribution in [2.45, 2.75) is 12.8 Å². The molecule has 0 bridgehead atoms. The largest absolute Gasteiger partial charge is 0.354 e. The van der Waals surface area contributed by atoms with Crippen molar-refractivity contribution in [3.63, 3.8) is 0 Å². The summed E-state index contributed by atoms with van der Waals surface area (Å²) >= 11 is 0. The maximum Gasteiger partial charge on any atom is 0.337 e. The van der Waals surface area contributed by atoms with Gasteiger partial charge in [-0.05, 0) is 37.1 Å². The second-order valence-corrected chi connectivity index (χ2v) is 4.64. The lowest BCUT2D eigenvalue weighted by Gasteiger charge is -2.15. The Morgan fingerprint density at radius 3 is 2.90 bits per heavy atom. The van der Waals surface area contributed by atoms with Crippen LogP contribution in [0.25, 0.3) is 11.2 Å². The highest BCUT2D eigenvalue weighted by atomic mass is 16.2. The highest BCUT2D eigenvalue weighted by Gasteiger charge is 2.16. The van der Waals surface area contributed by atoms with E-state index in [2.05, 4.69) is 5.32 Å². The first-order valence-electron chi connectivity index (χ1n) is 6.54. The zero-order chi connectivity index (χ0) is 14.1. The fraction of sp³-hybridized carbons (Fsp3) is 0.200. The van der Waals surface area contributed by atoms with E-state index in [-0.39, 0.29) is 11.6 Å². The van der Waals surface area contributed by atoms with Gasteiger partial charge in [0.25, 0.3) is 5.91 Å². The number of allylic oxidation sites excluding steroid dienone is 4. The van der Waals surface area contributed by atoms with Gasteiger partial charge in [0.05, 0.1) is 5.52 Å². The van der Waals surface area contributed by atoms with Crippen LogP contribution in [0.5, 0.6) is 0 Å². The average Bonchev–Trinajstić information content (AvgIpc) is 2.96. The molecule has 1 aliphatic rings. The maximum absolute atomic E-state index is 12.6. The molecular formula is C15H15N3O2. The average molecular weight is 269 g/mol. The first kappa shape index (κ1) is 12.5. The SMILES string of the molecule is CNC(=O)c1cc2cccn2c(=O)n1C1=CCCC=C1. The summed E-state index contributed by atoms with van der Waals surface area (Å²) in [5.74, 6) is -0.273. The van der Waals surface area contributed by atoms with E-state index in [1.54, 1.807) is 25.4 Å². The molecule has 5 heteroatoms. The molecule has 1 aliphatic carbocycles. The van der Waals surface area contributed by atoms with Gasteiger partial charge in [-0.15, -0.1) is 0 Å². The van der Waals surface area contributed by atoms with E-state index >= 15 is 0 Å². The van der Waals surface area contributed by atoms with E-state index in [4.69, 9.17) is 0 Å². The normalized spacial score (nSPS) is 14.3. The maximum atomic E-state index is 12.6. The number of nitrogens with one attached hydrogen (secondary N) is 1. The third kappa shape index (κ3) is 1.87. The molecule has 20 heavy (non-hydrogen) atoms. The molecule has 0 atom stereocenters. The summed E-state index contributed by atoms with van der Waals surface area (Å²) in [6.07, 6.45) is 9.40. The van der Waals surface area contributed by atoms with Crippen molar-refractivity contribution in [1.29, 1.82) is 0 Å². The number of hydrogen-bond donors (Lipinski definition) is 1. The van der Waals surface area contributed by atoms with Crippen LogP contribution in [0.15, 0.2) is 47.4 Å². The highest BCUT2D eigenvalue weighted by molar-refractivity contribution is 5.94. The lowest BCUT2D eigenvalue weighted by Crippen LogP contribution is -2.33. The Labute approximate surface area is 115 Å². The smallest absolute Gasteiger partial charge is 0.337 e. The van der Waals surface area contributed by atoms with Crippen LogP contribution < -0.4 is 11.0 Å². The first-order valence-corrected chi connectivity index (χ1v) is 6.54. The molecule has 2 heterocycles. The molecule has 0 aromatic carbocycles. The second kappa shape index (κ2) is 4.85. The molecule has 0 fully saturated rings. The summed E-state index contributed by atoms with van der Waals surface area (Å²) in [7, 11) is 1.56. The van der Waals surface area contributed by atoms with E-state index in [1.807, 2.05) is 24.3 Å². The summed E-state index contributed by atoms with van der Waals surface area (Å²) in [6.45, 7) is 0. The number of amides is 1. The highest BCUT2D eigenvalue weighted by Crippen LogP contribution is 2.16. The van der Waals surface area contributed by atoms with E-state index in [1.165, 1.54) is 8.97 Å². The zero-order valence-electron chi connectivity index (χ0n) is 11.2. The summed E-state index contributed by atoms with van der Waals surface area (Å²) in [4.78, 5) is 24.7. The molecule has 0 unspecified atom stereocenters. The number of fused-ring (bicyclic) bond motifs is 1. The predicted molar refractivity (Wildman–Crippen MR) is 77.7 cm³/mol. The standard InChI is InChI=1S/C15H15N3O2/c1-16-14(19)13-10-12-8-5-9-17(12)15(20)18(13)11-6-3-2-4-7-11/h3,5-10H,2,4H2,1H3,(H,16,19). The van der Waals surface area contributed by atoms with E-state index < -0.39 is 0 Å². The minimum absolute atomic E-state index is 0.232. The van der Waals surface area contributed by atoms with Gasteiger partial charge in [0, 0.05) is 18.9 Å². The van der Waals surface area contributed by atoms with E-state index in [9.17, 15) is 9.59 Å². The molecule has 5 nitrogen and oxygen atoms in total. The topological polar surface area (TPSA) is 55.5 Å². The van der Waals surface area contributed by atoms with Crippen molar-refractivity contribution in [1.82, 2.24) is 14.3 Å². The van der Waals surface area contributed by atoms with E-state index in [0.717, 1.165) is 18.5 Å². The monoisotopic (exact) mass is 269 g/mol. The lowest BCUT2D eigenvalue weighted by molar-refractivity contribution is 0.0955. The zero-order valence-corrected chi connectivity index (χ0v) is 11.2. The Morgan fingerprint density at radius 2 is 2.20 bits per heavy atom. The van der Waals surface area contributed by atoms with Crippen LogP contribution in [0.2, 0.25) is 0 Å². The van der Waals surface area contributed by atoms with Crippen LogP contribution in [0.3, 0.4) is 0 Å². The van der Waals surface area contributed by atoms with Crippen LogP contribution in [-0.4, -0.2) is 21.9 Å². The van der Waals surface area contributed by atoms with Gasteiger partial charge in [-0.2, -0.15) is 0 Å². The second-order valence-electron chi connectivity index (χ2n) is 4.64. The Morgan fingerprint density at radius 1 is 1.35 bits per heavy atom. The third-order valence-corrected chi connectivity index (χ3v) is 3.40. The quantitative estimate of drug-likeness (QED) is 0.901. The van der Waals surface area contributed by atoms with Crippen molar-refractivity contribution in [2.24, 2.45) is 0 Å². The van der Waals surface area contributed by atoms with Crippen LogP contribution in [0.1, 0.15) is 23.3 Å². The molecule has 0 radical (unpaired) electrons. The molecule has 0 saturated heterocycles. The van der Waals surface area contributed by atoms with Crippen molar-refractivity contribution in [3.05, 3.63) is 58.8 Å². The Hall–Kier alpha value is -2.56. The summed E-state index contributed by atoms with van der Waals surface area (Å²) in [6, 6.07) is 5.33. The minimum Gasteiger partial charge on any atom is -0.354 e. The molecule has 102 valence electrons. The van der Waals surface area contributed by atoms with Crippen molar-refractivity contribution >= 4 is 17.1 Å². The molecule has 1 amide bonds. The summed E-state index contributed by atoms with van der Waals surface area (Å²) in [5.41, 5.74) is 1.58. The molecule has 2 aromatic rings. The molecule has 3 rings (SSSR count). The molecular weight excluding hydrogens is 254 g/mol. The van der Waals surface area contributed by atoms with Crippen LogP contribution in [-0.2, 0) is 0 Å². The van der Waals surface area contributed by atoms with Gasteiger partial charge in [0.1, 0.15) is 5.69 Å². The minimum atomic E-state index is -0.273. The van der Waals surface area contributed by atoms with E-state index in [0.29, 0.717) is 11.2 Å². The number of carbonyl (C=O) groups is 1. The molecule has 0 saturated carbocycles. The fourth-order valence-corrected chi connectivity index (χ4v) is 2.41. The molecule has 1 N–H and O–H groups in total. The summed E-state index contributed by atoms with van der Waals surface area (Å²) in [5, 5.41) is 2.59. The first-order chi connectivity index (χ1) is 9.72. The van der Waals surface area contributed by atoms with Gasteiger partial charge >= 0.3 is 5.69 Å². The fourth-order valence-electron chi connectivity index (χ4n) is 2.41. The van der Waals surface area contributed by atoms with Crippen molar-refractivity contribution < 1.29 is 4.79 Å². The van der Waals surface area contributed by atoms with Crippen LogP contribution >= 0.6 is 0 Å². The number of nitrogens with zero attached hydrogens (tertiary/aromatic N) is 2. The van der Waals surface area contributed by atoms with Gasteiger partial charge < -0.3 is 5.32 Å². The van der Waals surface area contributed by atoms with Gasteiger partial charge in [-0.25, -0.2) is 4.79 Å². The Bertz CT molecular complexity index is 793. The van der Waals surface area contributed by atoms with Gasteiger partial charge in [0.2, 0.25) is 0 Å². The van der Waals surface area contributed by atoms with Crippen LogP contribution in [0, 0.1) is 0 Å². The van der Waals surface area contributed by atoms with Crippen molar-refractivity contribution in [2.75, 3.05) is 7.05 Å². The number of aromatic nitrogens is 2. The number of carbonyl (C=O) groups excluding carboxylic acids is 1. The molecule has 0 spiro atoms. The van der Waals surface area contributed by atoms with Gasteiger partial charge in [-0.3, -0.25) is 13.8 Å². The van der Waals surface area contributed by atoms with Gasteiger partial charge in [0.15, 0.2) is 0 Å².